The molecule has 2 aromatic rings. The number of nitrogens with one attached hydrogen (secondary N) is 1. The zero-order valence-corrected chi connectivity index (χ0v) is 16.1. The molecule has 0 heterocycles. The summed E-state index contributed by atoms with van der Waals surface area (Å²) in [7, 11) is -4.11. The maximum atomic E-state index is 11.0. The van der Waals surface area contributed by atoms with Gasteiger partial charge in [-0.05, 0) is 18.2 Å². The van der Waals surface area contributed by atoms with Crippen LogP contribution < -0.4 is 15.4 Å². The Morgan fingerprint density at radius 1 is 1.15 bits per heavy atom. The van der Waals surface area contributed by atoms with Crippen LogP contribution in [0.1, 0.15) is 6.92 Å². The summed E-state index contributed by atoms with van der Waals surface area (Å²) < 4.78 is 57.9. The molecule has 0 spiro atoms. The van der Waals surface area contributed by atoms with Gasteiger partial charge >= 0.3 is 88.1 Å². The fourth-order valence-corrected chi connectivity index (χ4v) is 3.69. The van der Waals surface area contributed by atoms with Crippen LogP contribution in [-0.4, -0.2) is 46.3 Å². The van der Waals surface area contributed by atoms with E-state index in [4.69, 9.17) is 18.5 Å². The first-order valence-electron chi connectivity index (χ1n) is 6.81. The fourth-order valence-electron chi connectivity index (χ4n) is 1.73. The van der Waals surface area contributed by atoms with Crippen molar-refractivity contribution in [3.63, 3.8) is 0 Å². The summed E-state index contributed by atoms with van der Waals surface area (Å²) in [5.74, 6) is -1.01. The van der Waals surface area contributed by atoms with Gasteiger partial charge in [0, 0.05) is 5.69 Å². The van der Waals surface area contributed by atoms with Gasteiger partial charge in [-0.1, -0.05) is 6.07 Å². The maximum Gasteiger partial charge on any atom is 0.294 e. The molecule has 0 aliphatic rings. The van der Waals surface area contributed by atoms with Crippen LogP contribution in [-0.2, 0) is 18.7 Å². The second-order valence-electron chi connectivity index (χ2n) is 4.95. The predicted octanol–water partition coefficient (Wildman–Crippen LogP) is -0.573. The zero-order valence-electron chi connectivity index (χ0n) is 13.4. The number of para-hydroxylation sites is 1. The van der Waals surface area contributed by atoms with E-state index in [2.05, 4.69) is 5.32 Å². The average molecular weight is 448 g/mol. The minimum atomic E-state index is -5.15. The van der Waals surface area contributed by atoms with E-state index in [0.29, 0.717) is 5.69 Å². The molecule has 0 fully saturated rings. The molecule has 0 aliphatic carbocycles. The smallest absolute Gasteiger partial charge is 0.294 e. The predicted molar refractivity (Wildman–Crippen MR) is 93.6 cm³/mol. The number of nitrogen functional groups attached to an aromatic ring is 1. The molecule has 26 heavy (non-hydrogen) atoms. The van der Waals surface area contributed by atoms with Crippen LogP contribution in [0, 0.1) is 0 Å². The maximum absolute atomic E-state index is 11.0. The number of aromatic hydroxyl groups is 1. The Labute approximate surface area is 152 Å². The molecule has 0 atom stereocenters. The number of benzene rings is 2. The first-order chi connectivity index (χ1) is 11.8. The summed E-state index contributed by atoms with van der Waals surface area (Å²) in [6.45, 7) is 1.23. The monoisotopic (exact) mass is 448 g/mol. The van der Waals surface area contributed by atoms with Gasteiger partial charge < -0.3 is 5.73 Å². The largest absolute Gasteiger partial charge is 0.399 e. The van der Waals surface area contributed by atoms with Crippen molar-refractivity contribution < 1.29 is 34.8 Å². The van der Waals surface area contributed by atoms with Crippen molar-refractivity contribution in [2.24, 2.45) is 0 Å². The van der Waals surface area contributed by atoms with E-state index in [1.165, 1.54) is 43.3 Å². The van der Waals surface area contributed by atoms with Gasteiger partial charge in [0.2, 0.25) is 0 Å². The van der Waals surface area contributed by atoms with Gasteiger partial charge in [-0.3, -0.25) is 4.55 Å². The molecule has 0 saturated heterocycles. The number of anilines is 2. The van der Waals surface area contributed by atoms with Gasteiger partial charge in [-0.15, -0.1) is 0 Å². The third-order valence-electron chi connectivity index (χ3n) is 2.80. The molecule has 0 saturated carbocycles. The number of phenols is 1. The van der Waals surface area contributed by atoms with E-state index in [1.54, 1.807) is 0 Å². The molecule has 2 rings (SSSR count). The Bertz CT molecular complexity index is 955. The van der Waals surface area contributed by atoms with Gasteiger partial charge in [0.05, 0.1) is 4.90 Å². The quantitative estimate of drug-likeness (QED) is 0.155. The molecule has 7 N–H and O–H groups in total. The van der Waals surface area contributed by atoms with Gasteiger partial charge in [-0.2, -0.15) is 8.42 Å². The van der Waals surface area contributed by atoms with E-state index in [9.17, 15) is 22.1 Å². The van der Waals surface area contributed by atoms with E-state index < -0.39 is 40.3 Å². The van der Waals surface area contributed by atoms with E-state index in [0.717, 1.165) is 6.07 Å². The summed E-state index contributed by atoms with van der Waals surface area (Å²) in [5, 5.41) is 11.7. The van der Waals surface area contributed by atoms with Gasteiger partial charge in [0.1, 0.15) is 0 Å². The molecule has 12 heteroatoms. The van der Waals surface area contributed by atoms with Crippen LogP contribution in [0.25, 0.3) is 0 Å². The van der Waals surface area contributed by atoms with E-state index in [-0.39, 0.29) is 10.6 Å². The van der Waals surface area contributed by atoms with Gasteiger partial charge in [0.25, 0.3) is 10.1 Å². The Morgan fingerprint density at radius 2 is 1.73 bits per heavy atom. The Morgan fingerprint density at radius 3 is 2.15 bits per heavy atom. The van der Waals surface area contributed by atoms with Crippen molar-refractivity contribution >= 4 is 45.9 Å². The number of hydrogen-bond acceptors (Lipinski definition) is 6. The second-order valence-corrected chi connectivity index (χ2v) is 9.66. The topological polar surface area (TPSA) is 187 Å². The fraction of sp³-hybridized carbons (Fsp3) is 0.0714. The molecule has 0 radical (unpaired) electrons. The third kappa shape index (κ3) is 6.54. The average Bonchev–Trinajstić information content (AvgIpc) is 2.47. The van der Waals surface area contributed by atoms with Crippen molar-refractivity contribution in [2.45, 2.75) is 11.8 Å². The molecule has 142 valence electrons. The second kappa shape index (κ2) is 8.39. The molecule has 0 unspecified atom stereocenters. The van der Waals surface area contributed by atoms with Crippen LogP contribution in [0.4, 0.5) is 11.4 Å². The van der Waals surface area contributed by atoms with Crippen LogP contribution >= 0.6 is 0 Å². The Balaban J connectivity index is 0.000000273. The van der Waals surface area contributed by atoms with Crippen LogP contribution in [0.15, 0.2) is 47.4 Å². The number of nitrogens with two attached hydrogens (primary N) is 1. The molecule has 0 aliphatic heterocycles. The summed E-state index contributed by atoms with van der Waals surface area (Å²) in [6.07, 6.45) is 0. The van der Waals surface area contributed by atoms with Gasteiger partial charge in [0.15, 0.2) is 0 Å². The molecule has 10 nitrogen and oxygen atoms in total. The summed E-state index contributed by atoms with van der Waals surface area (Å²) in [6, 6.07) is 9.28. The summed E-state index contributed by atoms with van der Waals surface area (Å²) in [5.41, 5.74) is 5.58. The number of carbonyl (C=O) groups excluding carboxylic acids is 1. The van der Waals surface area contributed by atoms with Crippen molar-refractivity contribution in [3.05, 3.63) is 42.5 Å². The standard InChI is InChI=1S/C8H10AsNO5.C6H7NO3S/c1-5(11)10-7-4-2-3-6(8(7)12)9(13,14)15;7-5-2-1-3-6(4-5)11(8,9)10/h2-4,12H,1H3,(H,10,11)(H2,13,14,15);1-4H,7H2,(H,8,9,10). The number of carbonyl (C=O) groups is 1. The minimum Gasteiger partial charge on any atom is -0.399 e. The Kier molecular flexibility index (Phi) is 7.01. The minimum absolute atomic E-state index is 0.00951. The molecule has 2 aromatic carbocycles. The molecular weight excluding hydrogens is 431 g/mol. The molecule has 0 aromatic heterocycles. The first kappa shape index (κ1) is 21.7. The summed E-state index contributed by atoms with van der Waals surface area (Å²) >= 11 is -5.15. The number of rotatable bonds is 3. The first-order valence-corrected chi connectivity index (χ1v) is 11.6. The Hall–Kier alpha value is -2.30. The molecular formula is C14H17AsN2O8S. The third-order valence-corrected chi connectivity index (χ3v) is 5.72. The normalized spacial score (nSPS) is 11.2. The van der Waals surface area contributed by atoms with Crippen LogP contribution in [0.5, 0.6) is 5.75 Å². The van der Waals surface area contributed by atoms with E-state index >= 15 is 0 Å². The van der Waals surface area contributed by atoms with Crippen molar-refractivity contribution in [3.8, 4) is 5.75 Å². The number of phenolic OH excluding ortho intramolecular Hbond substituents is 1. The van der Waals surface area contributed by atoms with Crippen molar-refractivity contribution in [2.75, 3.05) is 11.1 Å². The number of hydrogen-bond donors (Lipinski definition) is 6. The van der Waals surface area contributed by atoms with E-state index in [1.807, 2.05) is 0 Å². The van der Waals surface area contributed by atoms with Crippen LogP contribution in [0.3, 0.4) is 0 Å². The molecule has 0 bridgehead atoms. The SMILES string of the molecule is CC(=O)Nc1cccc([As](=O)(O)O)c1O.Nc1cccc(S(=O)(=O)O)c1. The number of amides is 1. The summed E-state index contributed by atoms with van der Waals surface area (Å²) in [4.78, 5) is 10.5. The van der Waals surface area contributed by atoms with Gasteiger partial charge in [-0.25, -0.2) is 0 Å². The zero-order chi connectivity index (χ0) is 20.1. The van der Waals surface area contributed by atoms with Crippen molar-refractivity contribution in [1.82, 2.24) is 0 Å². The van der Waals surface area contributed by atoms with Crippen LogP contribution in [0.2, 0.25) is 0 Å². The molecule has 1 amide bonds. The van der Waals surface area contributed by atoms with Crippen molar-refractivity contribution in [1.29, 1.82) is 0 Å².